The van der Waals surface area contributed by atoms with Crippen LogP contribution in [0.15, 0.2) is 24.4 Å². The number of aromatic nitrogens is 2. The van der Waals surface area contributed by atoms with Gasteiger partial charge in [0, 0.05) is 38.3 Å². The fraction of sp³-hybridized carbons (Fsp3) is 0.588. The quantitative estimate of drug-likeness (QED) is 0.623. The van der Waals surface area contributed by atoms with Crippen LogP contribution in [0.5, 0.6) is 0 Å². The number of hydrogen-bond acceptors (Lipinski definition) is 6. The van der Waals surface area contributed by atoms with Gasteiger partial charge in [-0.2, -0.15) is 9.38 Å². The number of rotatable bonds is 4. The SMILES string of the molecule is O=[N+]([O-])c1c(N2CCCCC2CN2CCOCC2)nc2ccccn12. The van der Waals surface area contributed by atoms with Gasteiger partial charge in [-0.3, -0.25) is 4.90 Å². The van der Waals surface area contributed by atoms with Crippen LogP contribution in [0.4, 0.5) is 11.6 Å². The number of ether oxygens (including phenoxy) is 1. The van der Waals surface area contributed by atoms with E-state index in [9.17, 15) is 10.1 Å². The maximum Gasteiger partial charge on any atom is 0.372 e. The summed E-state index contributed by atoms with van der Waals surface area (Å²) in [6.07, 6.45) is 4.96. The predicted molar refractivity (Wildman–Crippen MR) is 94.1 cm³/mol. The largest absolute Gasteiger partial charge is 0.379 e. The second kappa shape index (κ2) is 6.97. The number of pyridine rings is 1. The van der Waals surface area contributed by atoms with E-state index in [0.717, 1.165) is 58.7 Å². The Morgan fingerprint density at radius 2 is 2.08 bits per heavy atom. The molecule has 2 aromatic rings. The number of nitro groups is 1. The first-order chi connectivity index (χ1) is 12.2. The van der Waals surface area contributed by atoms with E-state index in [2.05, 4.69) is 14.8 Å². The van der Waals surface area contributed by atoms with Crippen LogP contribution in [0.2, 0.25) is 0 Å². The molecule has 2 aliphatic rings. The molecule has 134 valence electrons. The van der Waals surface area contributed by atoms with Gasteiger partial charge < -0.3 is 19.8 Å². The molecule has 0 aromatic carbocycles. The van der Waals surface area contributed by atoms with E-state index in [0.29, 0.717) is 11.5 Å². The Hall–Kier alpha value is -2.19. The zero-order valence-electron chi connectivity index (χ0n) is 14.2. The van der Waals surface area contributed by atoms with Crippen LogP contribution < -0.4 is 4.90 Å². The molecule has 0 radical (unpaired) electrons. The number of piperidine rings is 1. The van der Waals surface area contributed by atoms with Gasteiger partial charge >= 0.3 is 5.82 Å². The van der Waals surface area contributed by atoms with Crippen LogP contribution in [0.1, 0.15) is 19.3 Å². The molecular weight excluding hydrogens is 322 g/mol. The molecule has 2 fully saturated rings. The van der Waals surface area contributed by atoms with E-state index in [4.69, 9.17) is 4.74 Å². The lowest BCUT2D eigenvalue weighted by atomic mass is 10.0. The molecule has 2 saturated heterocycles. The van der Waals surface area contributed by atoms with Crippen LogP contribution >= 0.6 is 0 Å². The Morgan fingerprint density at radius 1 is 1.24 bits per heavy atom. The van der Waals surface area contributed by atoms with Crippen LogP contribution in [0.25, 0.3) is 5.65 Å². The van der Waals surface area contributed by atoms with Gasteiger partial charge in [-0.05, 0) is 30.3 Å². The first-order valence-corrected chi connectivity index (χ1v) is 8.92. The lowest BCUT2D eigenvalue weighted by Crippen LogP contribution is -2.49. The van der Waals surface area contributed by atoms with Crippen molar-refractivity contribution >= 4 is 17.3 Å². The van der Waals surface area contributed by atoms with Gasteiger partial charge in [-0.25, -0.2) is 0 Å². The van der Waals surface area contributed by atoms with Crippen molar-refractivity contribution in [3.8, 4) is 0 Å². The normalized spacial score (nSPS) is 22.4. The third-order valence-electron chi connectivity index (χ3n) is 5.13. The molecular formula is C17H23N5O3. The summed E-state index contributed by atoms with van der Waals surface area (Å²) in [5, 5.41) is 11.7. The summed E-state index contributed by atoms with van der Waals surface area (Å²) in [6.45, 7) is 5.12. The smallest absolute Gasteiger partial charge is 0.372 e. The predicted octanol–water partition coefficient (Wildman–Crippen LogP) is 1.93. The summed E-state index contributed by atoms with van der Waals surface area (Å²) in [5.41, 5.74) is 0.625. The second-order valence-electron chi connectivity index (χ2n) is 6.70. The highest BCUT2D eigenvalue weighted by Crippen LogP contribution is 2.33. The minimum atomic E-state index is -0.310. The van der Waals surface area contributed by atoms with Gasteiger partial charge in [0.2, 0.25) is 11.5 Å². The topological polar surface area (TPSA) is 76.2 Å². The molecule has 0 spiro atoms. The number of nitrogens with zero attached hydrogens (tertiary/aromatic N) is 5. The summed E-state index contributed by atoms with van der Waals surface area (Å²) in [6, 6.07) is 5.73. The van der Waals surface area contributed by atoms with Crippen molar-refractivity contribution in [3.05, 3.63) is 34.5 Å². The second-order valence-corrected chi connectivity index (χ2v) is 6.70. The fourth-order valence-electron chi connectivity index (χ4n) is 3.88. The standard InChI is InChI=1S/C17H23N5O3/c23-22(24)17-16(18-15-6-2-4-8-21(15)17)20-7-3-1-5-14(20)13-19-9-11-25-12-10-19/h2,4,6,8,14H,1,3,5,7,9-13H2. The molecule has 0 saturated carbocycles. The molecule has 0 aliphatic carbocycles. The highest BCUT2D eigenvalue weighted by atomic mass is 16.6. The van der Waals surface area contributed by atoms with Gasteiger partial charge in [0.25, 0.3) is 0 Å². The molecule has 4 heterocycles. The molecule has 8 heteroatoms. The van der Waals surface area contributed by atoms with E-state index in [1.807, 2.05) is 12.1 Å². The van der Waals surface area contributed by atoms with Crippen molar-refractivity contribution in [2.24, 2.45) is 0 Å². The van der Waals surface area contributed by atoms with Gasteiger partial charge in [0.05, 0.1) is 19.4 Å². The van der Waals surface area contributed by atoms with Gasteiger partial charge in [0.1, 0.15) is 0 Å². The Balaban J connectivity index is 1.67. The van der Waals surface area contributed by atoms with Crippen LogP contribution in [0, 0.1) is 10.1 Å². The maximum atomic E-state index is 11.7. The lowest BCUT2D eigenvalue weighted by molar-refractivity contribution is -0.389. The summed E-state index contributed by atoms with van der Waals surface area (Å²) in [4.78, 5) is 20.6. The minimum Gasteiger partial charge on any atom is -0.379 e. The minimum absolute atomic E-state index is 0.0736. The van der Waals surface area contributed by atoms with Crippen LogP contribution in [-0.2, 0) is 4.74 Å². The molecule has 4 rings (SSSR count). The first-order valence-electron chi connectivity index (χ1n) is 8.92. The first kappa shape index (κ1) is 16.3. The number of anilines is 1. The molecule has 25 heavy (non-hydrogen) atoms. The van der Waals surface area contributed by atoms with E-state index in [1.165, 1.54) is 0 Å². The maximum absolute atomic E-state index is 11.7. The van der Waals surface area contributed by atoms with E-state index < -0.39 is 0 Å². The van der Waals surface area contributed by atoms with Crippen molar-refractivity contribution in [3.63, 3.8) is 0 Å². The molecule has 2 aromatic heterocycles. The average molecular weight is 345 g/mol. The van der Waals surface area contributed by atoms with E-state index in [1.54, 1.807) is 16.7 Å². The fourth-order valence-corrected chi connectivity index (χ4v) is 3.88. The zero-order valence-corrected chi connectivity index (χ0v) is 14.2. The van der Waals surface area contributed by atoms with E-state index >= 15 is 0 Å². The average Bonchev–Trinajstić information content (AvgIpc) is 3.02. The summed E-state index contributed by atoms with van der Waals surface area (Å²) in [7, 11) is 0. The highest BCUT2D eigenvalue weighted by Gasteiger charge is 2.33. The van der Waals surface area contributed by atoms with Crippen molar-refractivity contribution < 1.29 is 9.66 Å². The lowest BCUT2D eigenvalue weighted by Gasteiger charge is -2.39. The summed E-state index contributed by atoms with van der Waals surface area (Å²) in [5.74, 6) is 0.582. The molecule has 2 aliphatic heterocycles. The summed E-state index contributed by atoms with van der Waals surface area (Å²) >= 11 is 0. The van der Waals surface area contributed by atoms with Crippen molar-refractivity contribution in [2.45, 2.75) is 25.3 Å². The number of fused-ring (bicyclic) bond motifs is 1. The Labute approximate surface area is 146 Å². The highest BCUT2D eigenvalue weighted by molar-refractivity contribution is 5.64. The number of morpholine rings is 1. The Bertz CT molecular complexity index is 756. The van der Waals surface area contributed by atoms with Gasteiger partial charge in [-0.1, -0.05) is 6.07 Å². The monoisotopic (exact) mass is 345 g/mol. The van der Waals surface area contributed by atoms with Crippen molar-refractivity contribution in [1.82, 2.24) is 14.3 Å². The van der Waals surface area contributed by atoms with Crippen molar-refractivity contribution in [1.29, 1.82) is 0 Å². The number of imidazole rings is 1. The van der Waals surface area contributed by atoms with Crippen molar-refractivity contribution in [2.75, 3.05) is 44.3 Å². The summed E-state index contributed by atoms with van der Waals surface area (Å²) < 4.78 is 7.01. The molecule has 1 unspecified atom stereocenters. The molecule has 0 bridgehead atoms. The zero-order chi connectivity index (χ0) is 17.2. The Kier molecular flexibility index (Phi) is 4.54. The van der Waals surface area contributed by atoms with Crippen LogP contribution in [0.3, 0.4) is 0 Å². The molecule has 8 nitrogen and oxygen atoms in total. The molecule has 1 atom stereocenters. The third kappa shape index (κ3) is 3.19. The van der Waals surface area contributed by atoms with Gasteiger partial charge in [-0.15, -0.1) is 0 Å². The molecule has 0 N–H and O–H groups in total. The van der Waals surface area contributed by atoms with E-state index in [-0.39, 0.29) is 16.8 Å². The third-order valence-corrected chi connectivity index (χ3v) is 5.13. The Morgan fingerprint density at radius 3 is 2.88 bits per heavy atom. The van der Waals surface area contributed by atoms with Gasteiger partial charge in [0.15, 0.2) is 0 Å². The number of hydrogen-bond donors (Lipinski definition) is 0. The van der Waals surface area contributed by atoms with Crippen LogP contribution in [-0.4, -0.2) is 64.6 Å². The molecule has 0 amide bonds.